The maximum Gasteiger partial charge on any atom is 0.407 e. The Balaban J connectivity index is 1.54. The fraction of sp³-hybridized carbons (Fsp3) is 0.429. The van der Waals surface area contributed by atoms with Gasteiger partial charge in [-0.2, -0.15) is 4.31 Å². The molecule has 2 amide bonds. The minimum Gasteiger partial charge on any atom is -0.497 e. The zero-order chi connectivity index (χ0) is 35.0. The maximum atomic E-state index is 15.4. The van der Waals surface area contributed by atoms with Crippen molar-refractivity contribution in [3.8, 4) is 5.75 Å². The van der Waals surface area contributed by atoms with Crippen LogP contribution in [0.2, 0.25) is 5.02 Å². The number of methoxy groups -OCH3 is 2. The predicted molar refractivity (Wildman–Crippen MR) is 184 cm³/mol. The van der Waals surface area contributed by atoms with E-state index in [1.807, 2.05) is 26.8 Å². The largest absolute Gasteiger partial charge is 0.497 e. The molecule has 13 heteroatoms. The molecule has 1 heterocycles. The second-order valence-electron chi connectivity index (χ2n) is 12.3. The number of halogens is 2. The summed E-state index contributed by atoms with van der Waals surface area (Å²) in [6, 6.07) is 16.1. The molecule has 260 valence electrons. The van der Waals surface area contributed by atoms with Gasteiger partial charge in [-0.1, -0.05) is 43.6 Å². The lowest BCUT2D eigenvalue weighted by molar-refractivity contribution is -0.118. The van der Waals surface area contributed by atoms with Gasteiger partial charge in [-0.05, 0) is 86.2 Å². The molecular formula is C35H44ClFN4O6S. The Morgan fingerprint density at radius 1 is 1.06 bits per heavy atom. The van der Waals surface area contributed by atoms with Crippen molar-refractivity contribution in [3.05, 3.63) is 88.7 Å². The number of anilines is 1. The molecule has 1 aliphatic heterocycles. The monoisotopic (exact) mass is 702 g/mol. The third kappa shape index (κ3) is 8.84. The number of piperazine rings is 1. The number of benzene rings is 3. The standard InChI is InChI=1S/C35H44ClFN4O6S/c1-22(2)32(24-9-6-10-25(36)19-24)33(40-35(43)47-5)34(42)39-31-14-8-13-30(37)29(31)12-7-11-26-21-38-20-23(3)41(26)48(44,45)28-17-15-27(46-4)16-18-28/h6,8-10,13-19,22-23,26,32-33,38H,7,11-12,20-21H2,1-5H3,(H,39,42)(H,40,43). The summed E-state index contributed by atoms with van der Waals surface area (Å²) in [7, 11) is -1.09. The van der Waals surface area contributed by atoms with Crippen molar-refractivity contribution >= 4 is 39.3 Å². The third-order valence-corrected chi connectivity index (χ3v) is 11.0. The van der Waals surface area contributed by atoms with Crippen LogP contribution in [0.4, 0.5) is 14.9 Å². The van der Waals surface area contributed by atoms with Gasteiger partial charge in [-0.25, -0.2) is 17.6 Å². The van der Waals surface area contributed by atoms with E-state index in [0.717, 1.165) is 5.56 Å². The first-order chi connectivity index (χ1) is 22.9. The van der Waals surface area contributed by atoms with Crippen molar-refractivity contribution in [2.75, 3.05) is 32.6 Å². The van der Waals surface area contributed by atoms with Crippen molar-refractivity contribution < 1.29 is 31.9 Å². The van der Waals surface area contributed by atoms with E-state index in [9.17, 15) is 18.0 Å². The first-order valence-electron chi connectivity index (χ1n) is 15.9. The molecule has 0 spiro atoms. The molecule has 4 atom stereocenters. The number of hydrogen-bond acceptors (Lipinski definition) is 7. The zero-order valence-electron chi connectivity index (χ0n) is 27.8. The molecule has 4 unspecified atom stereocenters. The normalized spacial score (nSPS) is 18.2. The number of sulfonamides is 1. The van der Waals surface area contributed by atoms with Crippen LogP contribution in [0.15, 0.2) is 71.6 Å². The Bertz CT molecular complexity index is 1670. The summed E-state index contributed by atoms with van der Waals surface area (Å²) in [6.45, 7) is 6.66. The number of carbonyl (C=O) groups excluding carboxylic acids is 2. The number of hydrogen-bond donors (Lipinski definition) is 3. The number of nitrogens with zero attached hydrogens (tertiary/aromatic N) is 1. The van der Waals surface area contributed by atoms with Crippen LogP contribution in [-0.4, -0.2) is 70.2 Å². The van der Waals surface area contributed by atoms with Gasteiger partial charge in [0.15, 0.2) is 0 Å². The fourth-order valence-corrected chi connectivity index (χ4v) is 8.41. The van der Waals surface area contributed by atoms with Crippen LogP contribution >= 0.6 is 11.6 Å². The van der Waals surface area contributed by atoms with Crippen molar-refractivity contribution in [1.29, 1.82) is 0 Å². The molecule has 0 aliphatic carbocycles. The first kappa shape index (κ1) is 37.1. The predicted octanol–water partition coefficient (Wildman–Crippen LogP) is 5.96. The summed E-state index contributed by atoms with van der Waals surface area (Å²) >= 11 is 6.27. The molecule has 1 fully saturated rings. The van der Waals surface area contributed by atoms with Crippen molar-refractivity contribution in [2.45, 2.75) is 69.0 Å². The number of amides is 2. The second kappa shape index (κ2) is 16.6. The fourth-order valence-electron chi connectivity index (χ4n) is 6.37. The van der Waals surface area contributed by atoms with Crippen LogP contribution in [0.25, 0.3) is 0 Å². The summed E-state index contributed by atoms with van der Waals surface area (Å²) in [6.07, 6.45) is 0.344. The number of nitrogens with one attached hydrogen (secondary N) is 3. The van der Waals surface area contributed by atoms with Gasteiger partial charge in [0.2, 0.25) is 15.9 Å². The highest BCUT2D eigenvalue weighted by Gasteiger charge is 2.38. The highest BCUT2D eigenvalue weighted by atomic mass is 35.5. The van der Waals surface area contributed by atoms with Gasteiger partial charge >= 0.3 is 6.09 Å². The molecule has 0 saturated carbocycles. The van der Waals surface area contributed by atoms with Gasteiger partial charge in [-0.15, -0.1) is 0 Å². The van der Waals surface area contributed by atoms with Gasteiger partial charge in [0.05, 0.1) is 19.1 Å². The molecule has 0 bridgehead atoms. The average molecular weight is 703 g/mol. The number of rotatable bonds is 13. The maximum absolute atomic E-state index is 15.4. The highest BCUT2D eigenvalue weighted by Crippen LogP contribution is 2.32. The van der Waals surface area contributed by atoms with E-state index in [1.165, 1.54) is 38.5 Å². The van der Waals surface area contributed by atoms with E-state index in [4.69, 9.17) is 21.1 Å². The smallest absolute Gasteiger partial charge is 0.407 e. The van der Waals surface area contributed by atoms with E-state index in [2.05, 4.69) is 16.0 Å². The minimum absolute atomic E-state index is 0.105. The van der Waals surface area contributed by atoms with E-state index in [0.29, 0.717) is 36.7 Å². The molecule has 3 aromatic rings. The van der Waals surface area contributed by atoms with Crippen molar-refractivity contribution in [3.63, 3.8) is 0 Å². The molecular weight excluding hydrogens is 659 g/mol. The summed E-state index contributed by atoms with van der Waals surface area (Å²) < 4.78 is 54.4. The van der Waals surface area contributed by atoms with E-state index >= 15 is 4.39 Å². The average Bonchev–Trinajstić information content (AvgIpc) is 3.05. The van der Waals surface area contributed by atoms with E-state index in [1.54, 1.807) is 40.7 Å². The molecule has 4 rings (SSSR count). The molecule has 0 aromatic heterocycles. The summed E-state index contributed by atoms with van der Waals surface area (Å²) in [5.74, 6) is -1.08. The number of ether oxygens (including phenoxy) is 2. The molecule has 1 saturated heterocycles. The van der Waals surface area contributed by atoms with Gasteiger partial charge in [0.25, 0.3) is 0 Å². The van der Waals surface area contributed by atoms with Crippen LogP contribution in [-0.2, 0) is 26.0 Å². The zero-order valence-corrected chi connectivity index (χ0v) is 29.4. The summed E-state index contributed by atoms with van der Waals surface area (Å²) in [5, 5.41) is 9.31. The first-order valence-corrected chi connectivity index (χ1v) is 17.8. The molecule has 10 nitrogen and oxygen atoms in total. The topological polar surface area (TPSA) is 126 Å². The molecule has 48 heavy (non-hydrogen) atoms. The van der Waals surface area contributed by atoms with Crippen LogP contribution < -0.4 is 20.7 Å². The highest BCUT2D eigenvalue weighted by molar-refractivity contribution is 7.89. The summed E-state index contributed by atoms with van der Waals surface area (Å²) in [4.78, 5) is 26.5. The van der Waals surface area contributed by atoms with Crippen LogP contribution in [0, 0.1) is 11.7 Å². The van der Waals surface area contributed by atoms with Crippen molar-refractivity contribution in [1.82, 2.24) is 14.9 Å². The second-order valence-corrected chi connectivity index (χ2v) is 14.5. The van der Waals surface area contributed by atoms with Crippen LogP contribution in [0.1, 0.15) is 50.7 Å². The Morgan fingerprint density at radius 3 is 2.42 bits per heavy atom. The van der Waals surface area contributed by atoms with Gasteiger partial charge in [0, 0.05) is 47.4 Å². The summed E-state index contributed by atoms with van der Waals surface area (Å²) in [5.41, 5.74) is 1.30. The van der Waals surface area contributed by atoms with Crippen LogP contribution in [0.3, 0.4) is 0 Å². The lowest BCUT2D eigenvalue weighted by Crippen LogP contribution is -2.58. The SMILES string of the molecule is COC(=O)NC(C(=O)Nc1cccc(F)c1CCCC1CNCC(C)N1S(=O)(=O)c1ccc(OC)cc1)C(c1cccc(Cl)c1)C(C)C. The Labute approximate surface area is 287 Å². The number of alkyl carbamates (subject to hydrolysis) is 1. The van der Waals surface area contributed by atoms with E-state index < -0.39 is 39.8 Å². The van der Waals surface area contributed by atoms with Crippen LogP contribution in [0.5, 0.6) is 5.75 Å². The quantitative estimate of drug-likeness (QED) is 0.201. The third-order valence-electron chi connectivity index (χ3n) is 8.64. The van der Waals surface area contributed by atoms with Crippen molar-refractivity contribution in [2.24, 2.45) is 5.92 Å². The van der Waals surface area contributed by atoms with Gasteiger partial charge < -0.3 is 25.4 Å². The lowest BCUT2D eigenvalue weighted by atomic mass is 9.82. The lowest BCUT2D eigenvalue weighted by Gasteiger charge is -2.40. The number of carbonyl (C=O) groups is 2. The Kier molecular flexibility index (Phi) is 12.8. The molecule has 0 radical (unpaired) electrons. The Hall–Kier alpha value is -3.71. The Morgan fingerprint density at radius 2 is 1.77 bits per heavy atom. The van der Waals surface area contributed by atoms with Gasteiger partial charge in [-0.3, -0.25) is 4.79 Å². The molecule has 3 aromatic carbocycles. The molecule has 3 N–H and O–H groups in total. The van der Waals surface area contributed by atoms with E-state index in [-0.39, 0.29) is 40.6 Å². The minimum atomic E-state index is -3.82. The van der Waals surface area contributed by atoms with Gasteiger partial charge in [0.1, 0.15) is 17.6 Å². The molecule has 1 aliphatic rings.